The van der Waals surface area contributed by atoms with Crippen molar-refractivity contribution in [2.45, 2.75) is 26.3 Å². The molecule has 9 nitrogen and oxygen atoms in total. The molecule has 2 N–H and O–H groups in total. The van der Waals surface area contributed by atoms with Crippen molar-refractivity contribution in [2.75, 3.05) is 38.4 Å². The zero-order valence-corrected chi connectivity index (χ0v) is 19.2. The average molecular weight is 468 g/mol. The molecule has 34 heavy (non-hydrogen) atoms. The minimum atomic E-state index is -0.247. The highest BCUT2D eigenvalue weighted by atomic mass is 16.7. The lowest BCUT2D eigenvalue weighted by atomic mass is 9.97. The number of nitrogens with zero attached hydrogens (tertiary/aromatic N) is 1. The summed E-state index contributed by atoms with van der Waals surface area (Å²) in [5, 5.41) is 6.01. The van der Waals surface area contributed by atoms with Gasteiger partial charge in [-0.1, -0.05) is 18.2 Å². The summed E-state index contributed by atoms with van der Waals surface area (Å²) >= 11 is 0. The van der Waals surface area contributed by atoms with Gasteiger partial charge in [-0.3, -0.25) is 14.4 Å². The third-order valence-corrected chi connectivity index (χ3v) is 5.96. The van der Waals surface area contributed by atoms with Gasteiger partial charge in [-0.15, -0.1) is 0 Å². The molecule has 2 aromatic carbocycles. The standard InChI is InChI=1S/C25H29N3O6/c1-2-32-25(31)18-9-11-28(12-10-18)23(29)15-26-20-6-4-3-5-19(20)24(30)27-14-17-7-8-21-22(13-17)34-16-33-21/h3-8,13,18,26H,2,9-12,14-16H2,1H3,(H,27,30). The third kappa shape index (κ3) is 5.59. The van der Waals surface area contributed by atoms with E-state index in [2.05, 4.69) is 10.6 Å². The smallest absolute Gasteiger partial charge is 0.309 e. The van der Waals surface area contributed by atoms with Crippen LogP contribution >= 0.6 is 0 Å². The van der Waals surface area contributed by atoms with Crippen molar-refractivity contribution >= 4 is 23.5 Å². The maximum absolute atomic E-state index is 12.8. The summed E-state index contributed by atoms with van der Waals surface area (Å²) in [5.41, 5.74) is 1.93. The molecule has 180 valence electrons. The number of anilines is 1. The molecule has 0 atom stereocenters. The Kier molecular flexibility index (Phi) is 7.51. The number of carbonyl (C=O) groups excluding carboxylic acids is 3. The summed E-state index contributed by atoms with van der Waals surface area (Å²) < 4.78 is 15.8. The Morgan fingerprint density at radius 2 is 1.82 bits per heavy atom. The molecular weight excluding hydrogens is 438 g/mol. The van der Waals surface area contributed by atoms with Gasteiger partial charge in [0, 0.05) is 25.3 Å². The second kappa shape index (κ2) is 10.9. The van der Waals surface area contributed by atoms with Gasteiger partial charge in [0.25, 0.3) is 5.91 Å². The van der Waals surface area contributed by atoms with Crippen molar-refractivity contribution in [1.29, 1.82) is 0 Å². The number of fused-ring (bicyclic) bond motifs is 1. The number of esters is 1. The number of para-hydroxylation sites is 1. The fraction of sp³-hybridized carbons (Fsp3) is 0.400. The van der Waals surface area contributed by atoms with Gasteiger partial charge in [-0.2, -0.15) is 0 Å². The summed E-state index contributed by atoms with van der Waals surface area (Å²) in [4.78, 5) is 39.1. The molecule has 0 aromatic heterocycles. The van der Waals surface area contributed by atoms with Crippen LogP contribution in [0.3, 0.4) is 0 Å². The first-order valence-corrected chi connectivity index (χ1v) is 11.5. The number of ether oxygens (including phenoxy) is 3. The molecule has 0 saturated carbocycles. The highest BCUT2D eigenvalue weighted by Gasteiger charge is 2.28. The van der Waals surface area contributed by atoms with Crippen LogP contribution in [0.4, 0.5) is 5.69 Å². The maximum atomic E-state index is 12.8. The molecular formula is C25H29N3O6. The van der Waals surface area contributed by atoms with E-state index in [1.807, 2.05) is 24.3 Å². The van der Waals surface area contributed by atoms with Gasteiger partial charge in [0.05, 0.1) is 24.6 Å². The van der Waals surface area contributed by atoms with Crippen LogP contribution in [-0.2, 0) is 20.9 Å². The summed E-state index contributed by atoms with van der Waals surface area (Å²) in [5.74, 6) is 0.707. The SMILES string of the molecule is CCOC(=O)C1CCN(C(=O)CNc2ccccc2C(=O)NCc2ccc3c(c2)OCO3)CC1. The van der Waals surface area contributed by atoms with Crippen LogP contribution in [0.5, 0.6) is 11.5 Å². The molecule has 0 aliphatic carbocycles. The third-order valence-electron chi connectivity index (χ3n) is 5.96. The van der Waals surface area contributed by atoms with Crippen LogP contribution in [0.25, 0.3) is 0 Å². The lowest BCUT2D eigenvalue weighted by Crippen LogP contribution is -2.43. The van der Waals surface area contributed by atoms with Crippen LogP contribution in [0.2, 0.25) is 0 Å². The Balaban J connectivity index is 1.29. The van der Waals surface area contributed by atoms with E-state index in [9.17, 15) is 14.4 Å². The first-order valence-electron chi connectivity index (χ1n) is 11.5. The summed E-state index contributed by atoms with van der Waals surface area (Å²) in [6.07, 6.45) is 1.20. The number of amides is 2. The van der Waals surface area contributed by atoms with Crippen LogP contribution in [0.15, 0.2) is 42.5 Å². The van der Waals surface area contributed by atoms with Gasteiger partial charge >= 0.3 is 5.97 Å². The second-order valence-electron chi connectivity index (χ2n) is 8.18. The van der Waals surface area contributed by atoms with Gasteiger partial charge in [0.2, 0.25) is 12.7 Å². The molecule has 2 aromatic rings. The van der Waals surface area contributed by atoms with Crippen molar-refractivity contribution < 1.29 is 28.6 Å². The largest absolute Gasteiger partial charge is 0.466 e. The number of likely N-dealkylation sites (tertiary alicyclic amines) is 1. The molecule has 0 radical (unpaired) electrons. The molecule has 2 amide bonds. The average Bonchev–Trinajstić information content (AvgIpc) is 3.34. The normalized spacial score (nSPS) is 15.0. The van der Waals surface area contributed by atoms with Gasteiger partial charge in [-0.05, 0) is 49.6 Å². The predicted octanol–water partition coefficient (Wildman–Crippen LogP) is 2.56. The first-order chi connectivity index (χ1) is 16.5. The number of hydrogen-bond donors (Lipinski definition) is 2. The highest BCUT2D eigenvalue weighted by Crippen LogP contribution is 2.32. The molecule has 0 unspecified atom stereocenters. The van der Waals surface area contributed by atoms with Crippen LogP contribution in [0.1, 0.15) is 35.7 Å². The van der Waals surface area contributed by atoms with Crippen molar-refractivity contribution in [3.63, 3.8) is 0 Å². The number of hydrogen-bond acceptors (Lipinski definition) is 7. The van der Waals surface area contributed by atoms with E-state index < -0.39 is 0 Å². The van der Waals surface area contributed by atoms with Crippen molar-refractivity contribution in [3.8, 4) is 11.5 Å². The van der Waals surface area contributed by atoms with Crippen molar-refractivity contribution in [2.24, 2.45) is 5.92 Å². The zero-order chi connectivity index (χ0) is 23.9. The van der Waals surface area contributed by atoms with Gasteiger partial charge in [0.15, 0.2) is 11.5 Å². The first kappa shape index (κ1) is 23.4. The van der Waals surface area contributed by atoms with Crippen LogP contribution in [0, 0.1) is 5.92 Å². The van der Waals surface area contributed by atoms with E-state index in [-0.39, 0.29) is 37.0 Å². The quantitative estimate of drug-likeness (QED) is 0.575. The second-order valence-corrected chi connectivity index (χ2v) is 8.18. The number of carbonyl (C=O) groups is 3. The summed E-state index contributed by atoms with van der Waals surface area (Å²) in [6, 6.07) is 12.6. The summed E-state index contributed by atoms with van der Waals surface area (Å²) in [6.45, 7) is 3.79. The molecule has 2 aliphatic rings. The number of rotatable bonds is 8. The fourth-order valence-corrected chi connectivity index (χ4v) is 4.07. The highest BCUT2D eigenvalue weighted by molar-refractivity contribution is 6.00. The van der Waals surface area contributed by atoms with Gasteiger partial charge < -0.3 is 29.7 Å². The molecule has 0 spiro atoms. The van der Waals surface area contributed by atoms with Crippen LogP contribution in [-0.4, -0.2) is 55.7 Å². The van der Waals surface area contributed by atoms with E-state index in [4.69, 9.17) is 14.2 Å². The van der Waals surface area contributed by atoms with Gasteiger partial charge in [-0.25, -0.2) is 0 Å². The number of piperidine rings is 1. The number of benzene rings is 2. The molecule has 4 rings (SSSR count). The minimum absolute atomic E-state index is 0.0660. The monoisotopic (exact) mass is 467 g/mol. The molecule has 0 bridgehead atoms. The minimum Gasteiger partial charge on any atom is -0.466 e. The molecule has 1 fully saturated rings. The lowest BCUT2D eigenvalue weighted by molar-refractivity contribution is -0.151. The predicted molar refractivity (Wildman–Crippen MR) is 125 cm³/mol. The van der Waals surface area contributed by atoms with Crippen molar-refractivity contribution in [3.05, 3.63) is 53.6 Å². The van der Waals surface area contributed by atoms with E-state index in [1.54, 1.807) is 30.0 Å². The Hall–Kier alpha value is -3.75. The van der Waals surface area contributed by atoms with Crippen molar-refractivity contribution in [1.82, 2.24) is 10.2 Å². The van der Waals surface area contributed by atoms with E-state index in [0.717, 1.165) is 5.56 Å². The topological polar surface area (TPSA) is 106 Å². The van der Waals surface area contributed by atoms with E-state index in [0.29, 0.717) is 61.8 Å². The number of nitrogens with one attached hydrogen (secondary N) is 2. The molecule has 1 saturated heterocycles. The zero-order valence-electron chi connectivity index (χ0n) is 19.2. The Labute approximate surface area is 198 Å². The van der Waals surface area contributed by atoms with Gasteiger partial charge in [0.1, 0.15) is 0 Å². The maximum Gasteiger partial charge on any atom is 0.309 e. The molecule has 2 heterocycles. The lowest BCUT2D eigenvalue weighted by Gasteiger charge is -2.31. The van der Waals surface area contributed by atoms with Crippen LogP contribution < -0.4 is 20.1 Å². The fourth-order valence-electron chi connectivity index (χ4n) is 4.07. The Morgan fingerprint density at radius 3 is 2.62 bits per heavy atom. The Bertz CT molecular complexity index is 1050. The Morgan fingerprint density at radius 1 is 1.06 bits per heavy atom. The molecule has 2 aliphatic heterocycles. The molecule has 9 heteroatoms. The summed E-state index contributed by atoms with van der Waals surface area (Å²) in [7, 11) is 0. The van der Waals surface area contributed by atoms with E-state index in [1.165, 1.54) is 0 Å². The van der Waals surface area contributed by atoms with E-state index >= 15 is 0 Å².